The molecule has 16 heavy (non-hydrogen) atoms. The van der Waals surface area contributed by atoms with E-state index in [0.29, 0.717) is 0 Å². The molecule has 1 aliphatic heterocycles. The molecule has 3 heteroatoms. The normalized spacial score (nSPS) is 45.8. The standard InChI is InChI=1S/C13H20O3/c1-2-9-8-10(14)12-11(9)15-13(16-12)6-4-3-5-7-13/h2,9-12,14H,1,3-8H2/t9-,10-,11+,12-/m0/s1. The first-order valence-corrected chi connectivity index (χ1v) is 6.40. The van der Waals surface area contributed by atoms with Gasteiger partial charge in [0.25, 0.3) is 0 Å². The highest BCUT2D eigenvalue weighted by atomic mass is 16.8. The number of ether oxygens (including phenoxy) is 2. The molecule has 3 nitrogen and oxygen atoms in total. The van der Waals surface area contributed by atoms with Crippen LogP contribution in [-0.2, 0) is 9.47 Å². The number of aliphatic hydroxyl groups is 1. The van der Waals surface area contributed by atoms with Crippen molar-refractivity contribution in [2.75, 3.05) is 0 Å². The van der Waals surface area contributed by atoms with E-state index in [2.05, 4.69) is 6.58 Å². The average Bonchev–Trinajstić information content (AvgIpc) is 2.78. The molecule has 2 saturated carbocycles. The Kier molecular flexibility index (Phi) is 2.57. The first-order chi connectivity index (χ1) is 7.74. The fourth-order valence-electron chi connectivity index (χ4n) is 3.39. The van der Waals surface area contributed by atoms with Crippen molar-refractivity contribution in [2.24, 2.45) is 5.92 Å². The van der Waals surface area contributed by atoms with Crippen LogP contribution >= 0.6 is 0 Å². The second-order valence-corrected chi connectivity index (χ2v) is 5.34. The Hall–Kier alpha value is -0.380. The topological polar surface area (TPSA) is 38.7 Å². The summed E-state index contributed by atoms with van der Waals surface area (Å²) < 4.78 is 12.2. The van der Waals surface area contributed by atoms with Gasteiger partial charge in [-0.15, -0.1) is 6.58 Å². The molecule has 1 spiro atoms. The Morgan fingerprint density at radius 2 is 1.81 bits per heavy atom. The summed E-state index contributed by atoms with van der Waals surface area (Å²) in [4.78, 5) is 0. The molecule has 0 aromatic carbocycles. The summed E-state index contributed by atoms with van der Waals surface area (Å²) in [6, 6.07) is 0. The molecule has 0 bridgehead atoms. The average molecular weight is 224 g/mol. The molecule has 3 rings (SSSR count). The third-order valence-corrected chi connectivity index (χ3v) is 4.26. The van der Waals surface area contributed by atoms with Crippen LogP contribution in [-0.4, -0.2) is 29.2 Å². The van der Waals surface area contributed by atoms with E-state index in [-0.39, 0.29) is 30.0 Å². The second kappa shape index (κ2) is 3.83. The molecule has 1 N–H and O–H groups in total. The van der Waals surface area contributed by atoms with E-state index in [1.54, 1.807) is 0 Å². The highest BCUT2D eigenvalue weighted by Gasteiger charge is 2.56. The van der Waals surface area contributed by atoms with Crippen LogP contribution in [0, 0.1) is 5.92 Å². The minimum absolute atomic E-state index is 0.0330. The van der Waals surface area contributed by atoms with Crippen LogP contribution in [0.3, 0.4) is 0 Å². The van der Waals surface area contributed by atoms with Crippen molar-refractivity contribution in [3.8, 4) is 0 Å². The highest BCUT2D eigenvalue weighted by Crippen LogP contribution is 2.47. The molecule has 0 aromatic heterocycles. The van der Waals surface area contributed by atoms with Gasteiger partial charge in [-0.05, 0) is 19.3 Å². The van der Waals surface area contributed by atoms with Crippen LogP contribution in [0.25, 0.3) is 0 Å². The lowest BCUT2D eigenvalue weighted by atomic mass is 9.94. The summed E-state index contributed by atoms with van der Waals surface area (Å²) in [6.45, 7) is 3.82. The zero-order chi connectivity index (χ0) is 11.2. The lowest BCUT2D eigenvalue weighted by Crippen LogP contribution is -2.35. The fraction of sp³-hybridized carbons (Fsp3) is 0.846. The quantitative estimate of drug-likeness (QED) is 0.692. The summed E-state index contributed by atoms with van der Waals surface area (Å²) in [5.41, 5.74) is 0. The molecule has 90 valence electrons. The van der Waals surface area contributed by atoms with Gasteiger partial charge in [0.1, 0.15) is 6.10 Å². The van der Waals surface area contributed by atoms with Crippen molar-refractivity contribution in [2.45, 2.75) is 62.6 Å². The van der Waals surface area contributed by atoms with Gasteiger partial charge in [0, 0.05) is 18.8 Å². The monoisotopic (exact) mass is 224 g/mol. The Labute approximate surface area is 96.4 Å². The van der Waals surface area contributed by atoms with Crippen LogP contribution in [0.5, 0.6) is 0 Å². The Morgan fingerprint density at radius 1 is 1.12 bits per heavy atom. The summed E-state index contributed by atoms with van der Waals surface area (Å²) in [5, 5.41) is 9.96. The van der Waals surface area contributed by atoms with E-state index in [4.69, 9.17) is 9.47 Å². The number of fused-ring (bicyclic) bond motifs is 1. The van der Waals surface area contributed by atoms with E-state index < -0.39 is 0 Å². The third-order valence-electron chi connectivity index (χ3n) is 4.26. The van der Waals surface area contributed by atoms with Gasteiger partial charge < -0.3 is 14.6 Å². The lowest BCUT2D eigenvalue weighted by Gasteiger charge is -2.33. The minimum Gasteiger partial charge on any atom is -0.390 e. The summed E-state index contributed by atoms with van der Waals surface area (Å²) >= 11 is 0. The molecule has 2 aliphatic carbocycles. The van der Waals surface area contributed by atoms with Crippen LogP contribution < -0.4 is 0 Å². The SMILES string of the molecule is C=C[C@H]1C[C@H](O)[C@@H]2OC3(CCCCC3)O[C@@H]21. The largest absolute Gasteiger partial charge is 0.390 e. The number of rotatable bonds is 1. The fourth-order valence-corrected chi connectivity index (χ4v) is 3.39. The van der Waals surface area contributed by atoms with Gasteiger partial charge in [0.05, 0.1) is 12.2 Å². The van der Waals surface area contributed by atoms with Crippen molar-refractivity contribution in [1.29, 1.82) is 0 Å². The molecule has 4 atom stereocenters. The molecule has 0 amide bonds. The van der Waals surface area contributed by atoms with Crippen LogP contribution in [0.1, 0.15) is 38.5 Å². The zero-order valence-electron chi connectivity index (χ0n) is 9.60. The molecular weight excluding hydrogens is 204 g/mol. The first kappa shape index (κ1) is 10.8. The maximum Gasteiger partial charge on any atom is 0.169 e. The van der Waals surface area contributed by atoms with Gasteiger partial charge in [0.2, 0.25) is 0 Å². The Bertz CT molecular complexity index is 283. The molecular formula is C13H20O3. The van der Waals surface area contributed by atoms with Gasteiger partial charge >= 0.3 is 0 Å². The lowest BCUT2D eigenvalue weighted by molar-refractivity contribution is -0.208. The van der Waals surface area contributed by atoms with Crippen molar-refractivity contribution in [3.05, 3.63) is 12.7 Å². The van der Waals surface area contributed by atoms with E-state index in [1.807, 2.05) is 6.08 Å². The maximum absolute atomic E-state index is 9.96. The highest BCUT2D eigenvalue weighted by molar-refractivity contribution is 5.05. The van der Waals surface area contributed by atoms with E-state index in [0.717, 1.165) is 19.3 Å². The van der Waals surface area contributed by atoms with E-state index in [1.165, 1.54) is 19.3 Å². The van der Waals surface area contributed by atoms with Crippen molar-refractivity contribution >= 4 is 0 Å². The van der Waals surface area contributed by atoms with Gasteiger partial charge in [-0.3, -0.25) is 0 Å². The number of hydrogen-bond acceptors (Lipinski definition) is 3. The molecule has 0 radical (unpaired) electrons. The predicted octanol–water partition coefficient (Wildman–Crippen LogP) is 2.00. The predicted molar refractivity (Wildman–Crippen MR) is 59.9 cm³/mol. The second-order valence-electron chi connectivity index (χ2n) is 5.34. The summed E-state index contributed by atoms with van der Waals surface area (Å²) in [6.07, 6.45) is 7.75. The van der Waals surface area contributed by atoms with Crippen molar-refractivity contribution in [3.63, 3.8) is 0 Å². The van der Waals surface area contributed by atoms with Crippen LogP contribution in [0.15, 0.2) is 12.7 Å². The Balaban J connectivity index is 1.78. The zero-order valence-corrected chi connectivity index (χ0v) is 9.60. The summed E-state index contributed by atoms with van der Waals surface area (Å²) in [7, 11) is 0. The van der Waals surface area contributed by atoms with E-state index >= 15 is 0 Å². The van der Waals surface area contributed by atoms with Gasteiger partial charge in [-0.1, -0.05) is 12.5 Å². The number of aliphatic hydroxyl groups excluding tert-OH is 1. The molecule has 1 heterocycles. The number of hydrogen-bond donors (Lipinski definition) is 1. The minimum atomic E-state index is -0.380. The summed E-state index contributed by atoms with van der Waals surface area (Å²) in [5.74, 6) is -0.128. The van der Waals surface area contributed by atoms with Gasteiger partial charge in [-0.25, -0.2) is 0 Å². The molecule has 3 aliphatic rings. The molecule has 1 saturated heterocycles. The van der Waals surface area contributed by atoms with Crippen molar-refractivity contribution in [1.82, 2.24) is 0 Å². The van der Waals surface area contributed by atoms with Gasteiger partial charge in [-0.2, -0.15) is 0 Å². The van der Waals surface area contributed by atoms with E-state index in [9.17, 15) is 5.11 Å². The third kappa shape index (κ3) is 1.53. The molecule has 3 fully saturated rings. The van der Waals surface area contributed by atoms with Crippen LogP contribution in [0.4, 0.5) is 0 Å². The Morgan fingerprint density at radius 3 is 2.50 bits per heavy atom. The van der Waals surface area contributed by atoms with Crippen molar-refractivity contribution < 1.29 is 14.6 Å². The maximum atomic E-state index is 9.96. The van der Waals surface area contributed by atoms with Gasteiger partial charge in [0.15, 0.2) is 5.79 Å². The first-order valence-electron chi connectivity index (χ1n) is 6.40. The smallest absolute Gasteiger partial charge is 0.169 e. The molecule has 0 unspecified atom stereocenters. The molecule has 0 aromatic rings. The van der Waals surface area contributed by atoms with Crippen LogP contribution in [0.2, 0.25) is 0 Å².